The SMILES string of the molecule is O=CN(Cc1cccc(C(F)(F)F)c1)c1cccc(COc2ccc3c(=O)c(-c4ccc(O)cc4)coc3c2)c1. The van der Waals surface area contributed by atoms with Gasteiger partial charge in [0.15, 0.2) is 5.43 Å². The first-order valence-corrected chi connectivity index (χ1v) is 12.2. The molecule has 1 amide bonds. The lowest BCUT2D eigenvalue weighted by Gasteiger charge is -2.19. The molecule has 5 aromatic rings. The van der Waals surface area contributed by atoms with Gasteiger partial charge in [-0.3, -0.25) is 9.59 Å². The second kappa shape index (κ2) is 11.0. The van der Waals surface area contributed by atoms with Crippen molar-refractivity contribution >= 4 is 23.1 Å². The lowest BCUT2D eigenvalue weighted by molar-refractivity contribution is -0.137. The van der Waals surface area contributed by atoms with E-state index in [1.165, 1.54) is 35.4 Å². The van der Waals surface area contributed by atoms with E-state index in [0.29, 0.717) is 45.5 Å². The van der Waals surface area contributed by atoms with Gasteiger partial charge in [0.25, 0.3) is 0 Å². The Kier molecular flexibility index (Phi) is 7.29. The van der Waals surface area contributed by atoms with Crippen LogP contribution >= 0.6 is 0 Å². The Labute approximate surface area is 226 Å². The quantitative estimate of drug-likeness (QED) is 0.214. The number of aromatic hydroxyl groups is 1. The number of phenols is 1. The largest absolute Gasteiger partial charge is 0.508 e. The van der Waals surface area contributed by atoms with Crippen LogP contribution < -0.4 is 15.1 Å². The summed E-state index contributed by atoms with van der Waals surface area (Å²) in [5.74, 6) is 0.547. The number of fused-ring (bicyclic) bond motifs is 1. The number of carbonyl (C=O) groups excluding carboxylic acids is 1. The molecule has 0 aliphatic rings. The number of carbonyl (C=O) groups is 1. The van der Waals surface area contributed by atoms with Crippen molar-refractivity contribution in [1.29, 1.82) is 0 Å². The summed E-state index contributed by atoms with van der Waals surface area (Å²) in [7, 11) is 0. The summed E-state index contributed by atoms with van der Waals surface area (Å²) >= 11 is 0. The second-order valence-corrected chi connectivity index (χ2v) is 9.07. The van der Waals surface area contributed by atoms with Crippen molar-refractivity contribution in [1.82, 2.24) is 0 Å². The molecule has 0 fully saturated rings. The molecule has 0 bridgehead atoms. The van der Waals surface area contributed by atoms with Crippen molar-refractivity contribution in [2.75, 3.05) is 4.90 Å². The van der Waals surface area contributed by atoms with Crippen molar-refractivity contribution in [3.63, 3.8) is 0 Å². The first-order valence-electron chi connectivity index (χ1n) is 12.2. The van der Waals surface area contributed by atoms with Crippen molar-refractivity contribution in [3.8, 4) is 22.6 Å². The number of ether oxygens (including phenoxy) is 1. The maximum Gasteiger partial charge on any atom is 0.416 e. The third-order valence-electron chi connectivity index (χ3n) is 6.31. The summed E-state index contributed by atoms with van der Waals surface area (Å²) < 4.78 is 50.8. The van der Waals surface area contributed by atoms with Crippen LogP contribution in [0.1, 0.15) is 16.7 Å². The molecular weight excluding hydrogens is 523 g/mol. The molecule has 0 saturated carbocycles. The Bertz CT molecular complexity index is 1730. The predicted molar refractivity (Wildman–Crippen MR) is 144 cm³/mol. The predicted octanol–water partition coefficient (Wildman–Crippen LogP) is 6.93. The summed E-state index contributed by atoms with van der Waals surface area (Å²) in [5, 5.41) is 9.86. The normalized spacial score (nSPS) is 11.4. The molecule has 0 saturated heterocycles. The maximum absolute atomic E-state index is 13.1. The van der Waals surface area contributed by atoms with E-state index in [4.69, 9.17) is 9.15 Å². The van der Waals surface area contributed by atoms with Gasteiger partial charge < -0.3 is 19.2 Å². The minimum Gasteiger partial charge on any atom is -0.508 e. The molecule has 0 spiro atoms. The molecule has 1 N–H and O–H groups in total. The van der Waals surface area contributed by atoms with Gasteiger partial charge in [0.2, 0.25) is 6.41 Å². The number of alkyl halides is 3. The molecule has 5 rings (SSSR count). The monoisotopic (exact) mass is 545 g/mol. The van der Waals surface area contributed by atoms with Crippen LogP contribution in [0, 0.1) is 0 Å². The maximum atomic E-state index is 13.1. The molecule has 1 heterocycles. The van der Waals surface area contributed by atoms with Gasteiger partial charge >= 0.3 is 6.18 Å². The van der Waals surface area contributed by atoms with Crippen LogP contribution in [0.4, 0.5) is 18.9 Å². The second-order valence-electron chi connectivity index (χ2n) is 9.07. The highest BCUT2D eigenvalue weighted by Gasteiger charge is 2.30. The zero-order valence-electron chi connectivity index (χ0n) is 20.9. The van der Waals surface area contributed by atoms with E-state index in [1.54, 1.807) is 54.6 Å². The van der Waals surface area contributed by atoms with Gasteiger partial charge in [0, 0.05) is 11.8 Å². The Balaban J connectivity index is 1.30. The van der Waals surface area contributed by atoms with Gasteiger partial charge in [-0.2, -0.15) is 13.2 Å². The molecule has 0 aliphatic carbocycles. The minimum absolute atomic E-state index is 0.0342. The first-order chi connectivity index (χ1) is 19.2. The fourth-order valence-electron chi connectivity index (χ4n) is 4.26. The third kappa shape index (κ3) is 5.83. The molecule has 9 heteroatoms. The zero-order valence-corrected chi connectivity index (χ0v) is 20.9. The molecular formula is C31H22F3NO5. The zero-order chi connectivity index (χ0) is 28.3. The number of rotatable bonds is 8. The van der Waals surface area contributed by atoms with E-state index < -0.39 is 11.7 Å². The summed E-state index contributed by atoms with van der Waals surface area (Å²) in [5.41, 5.74) is 1.88. The lowest BCUT2D eigenvalue weighted by Crippen LogP contribution is -2.21. The average molecular weight is 546 g/mol. The van der Waals surface area contributed by atoms with E-state index in [-0.39, 0.29) is 24.3 Å². The minimum atomic E-state index is -4.47. The summed E-state index contributed by atoms with van der Waals surface area (Å²) in [6, 6.07) is 22.9. The Morgan fingerprint density at radius 3 is 2.40 bits per heavy atom. The molecule has 40 heavy (non-hydrogen) atoms. The number of nitrogens with zero attached hydrogens (tertiary/aromatic N) is 1. The molecule has 0 atom stereocenters. The van der Waals surface area contributed by atoms with Gasteiger partial charge in [0.05, 0.1) is 23.1 Å². The van der Waals surface area contributed by atoms with E-state index in [0.717, 1.165) is 17.7 Å². The standard InChI is InChI=1S/C31H22F3NO5/c32-31(33,34)23-5-1-3-20(13-23)16-35(19-36)24-6-2-4-21(14-24)17-39-26-11-12-27-29(15-26)40-18-28(30(27)38)22-7-9-25(37)10-8-22/h1-15,18-19,37H,16-17H2. The van der Waals surface area contributed by atoms with Gasteiger partial charge in [0.1, 0.15) is 30.0 Å². The highest BCUT2D eigenvalue weighted by Crippen LogP contribution is 2.30. The van der Waals surface area contributed by atoms with E-state index in [1.807, 2.05) is 0 Å². The highest BCUT2D eigenvalue weighted by atomic mass is 19.4. The average Bonchev–Trinajstić information content (AvgIpc) is 2.95. The van der Waals surface area contributed by atoms with Crippen LogP contribution in [0.2, 0.25) is 0 Å². The lowest BCUT2D eigenvalue weighted by atomic mass is 10.1. The fourth-order valence-corrected chi connectivity index (χ4v) is 4.26. The number of phenolic OH excluding ortho intramolecular Hbond substituents is 1. The van der Waals surface area contributed by atoms with Crippen LogP contribution in [0.3, 0.4) is 0 Å². The number of hydrogen-bond donors (Lipinski definition) is 1. The van der Waals surface area contributed by atoms with Crippen LogP contribution in [0.25, 0.3) is 22.1 Å². The molecule has 0 unspecified atom stereocenters. The van der Waals surface area contributed by atoms with Crippen molar-refractivity contribution in [3.05, 3.63) is 124 Å². The molecule has 6 nitrogen and oxygen atoms in total. The van der Waals surface area contributed by atoms with E-state index >= 15 is 0 Å². The third-order valence-corrected chi connectivity index (χ3v) is 6.31. The Morgan fingerprint density at radius 2 is 1.65 bits per heavy atom. The molecule has 4 aromatic carbocycles. The van der Waals surface area contributed by atoms with Gasteiger partial charge in [-0.15, -0.1) is 0 Å². The number of amides is 1. The molecule has 1 aromatic heterocycles. The Morgan fingerprint density at radius 1 is 0.900 bits per heavy atom. The number of anilines is 1. The van der Waals surface area contributed by atoms with E-state index in [9.17, 15) is 27.9 Å². The van der Waals surface area contributed by atoms with Crippen molar-refractivity contribution in [2.24, 2.45) is 0 Å². The number of hydrogen-bond acceptors (Lipinski definition) is 5. The molecule has 0 aliphatic heterocycles. The fraction of sp³-hybridized carbons (Fsp3) is 0.0968. The summed E-state index contributed by atoms with van der Waals surface area (Å²) in [4.78, 5) is 26.1. The van der Waals surface area contributed by atoms with Crippen LogP contribution in [0.5, 0.6) is 11.5 Å². The highest BCUT2D eigenvalue weighted by molar-refractivity contribution is 5.82. The smallest absolute Gasteiger partial charge is 0.416 e. The van der Waals surface area contributed by atoms with Crippen LogP contribution in [-0.2, 0) is 24.1 Å². The van der Waals surface area contributed by atoms with Crippen molar-refractivity contribution in [2.45, 2.75) is 19.3 Å². The topological polar surface area (TPSA) is 80.0 Å². The van der Waals surface area contributed by atoms with Gasteiger partial charge in [-0.25, -0.2) is 0 Å². The Hall–Kier alpha value is -5.05. The number of benzene rings is 4. The van der Waals surface area contributed by atoms with Crippen LogP contribution in [-0.4, -0.2) is 11.5 Å². The summed E-state index contributed by atoms with van der Waals surface area (Å²) in [6.07, 6.45) is -2.54. The van der Waals surface area contributed by atoms with Gasteiger partial charge in [-0.1, -0.05) is 36.4 Å². The summed E-state index contributed by atoms with van der Waals surface area (Å²) in [6.45, 7) is 0.0962. The molecule has 202 valence electrons. The molecule has 0 radical (unpaired) electrons. The van der Waals surface area contributed by atoms with Gasteiger partial charge in [-0.05, 0) is 65.2 Å². The first kappa shape index (κ1) is 26.6. The van der Waals surface area contributed by atoms with Crippen LogP contribution in [0.15, 0.2) is 106 Å². The van der Waals surface area contributed by atoms with Crippen molar-refractivity contribution < 1.29 is 32.2 Å². The number of halogens is 3. The van der Waals surface area contributed by atoms with E-state index in [2.05, 4.69) is 0 Å².